The molecule has 7 nitrogen and oxygen atoms in total. The quantitative estimate of drug-likeness (QED) is 0.829. The SMILES string of the molecule is CCS(=O)(=O)CCn1ccc(NC(=O)N2CC[C@H](C(F)(F)F)C2(C)C)n1. The molecule has 1 saturated heterocycles. The number of rotatable bonds is 5. The van der Waals surface area contributed by atoms with Crippen LogP contribution in [0.15, 0.2) is 12.3 Å². The van der Waals surface area contributed by atoms with Gasteiger partial charge in [0.25, 0.3) is 0 Å². The van der Waals surface area contributed by atoms with E-state index >= 15 is 0 Å². The first-order valence-electron chi connectivity index (χ1n) is 8.26. The molecule has 0 bridgehead atoms. The Bertz CT molecular complexity index is 758. The van der Waals surface area contributed by atoms with Crippen LogP contribution in [0.1, 0.15) is 27.2 Å². The second-order valence-corrected chi connectivity index (χ2v) is 9.29. The summed E-state index contributed by atoms with van der Waals surface area (Å²) in [5.41, 5.74) is -1.36. The number of aryl methyl sites for hydroxylation is 1. The third-order valence-electron chi connectivity index (χ3n) is 4.78. The molecule has 1 atom stereocenters. The molecule has 0 aliphatic carbocycles. The summed E-state index contributed by atoms with van der Waals surface area (Å²) >= 11 is 0. The second-order valence-electron chi connectivity index (χ2n) is 6.82. The Labute approximate surface area is 150 Å². The van der Waals surface area contributed by atoms with E-state index < -0.39 is 33.5 Å². The van der Waals surface area contributed by atoms with Gasteiger partial charge in [0.05, 0.1) is 23.8 Å². The van der Waals surface area contributed by atoms with Crippen LogP contribution in [0, 0.1) is 5.92 Å². The minimum Gasteiger partial charge on any atom is -0.319 e. The van der Waals surface area contributed by atoms with Crippen molar-refractivity contribution in [2.24, 2.45) is 5.92 Å². The van der Waals surface area contributed by atoms with Gasteiger partial charge in [0, 0.05) is 24.6 Å². The van der Waals surface area contributed by atoms with E-state index in [0.29, 0.717) is 0 Å². The van der Waals surface area contributed by atoms with Crippen molar-refractivity contribution < 1.29 is 26.4 Å². The smallest absolute Gasteiger partial charge is 0.319 e. The zero-order valence-corrected chi connectivity index (χ0v) is 15.7. The molecular weight excluding hydrogens is 373 g/mol. The lowest BCUT2D eigenvalue weighted by atomic mass is 9.88. The zero-order chi connectivity index (χ0) is 19.8. The largest absolute Gasteiger partial charge is 0.394 e. The van der Waals surface area contributed by atoms with E-state index in [1.807, 2.05) is 0 Å². The summed E-state index contributed by atoms with van der Waals surface area (Å²) in [5, 5.41) is 6.53. The van der Waals surface area contributed by atoms with Gasteiger partial charge in [-0.15, -0.1) is 0 Å². The van der Waals surface area contributed by atoms with Gasteiger partial charge in [0.2, 0.25) is 0 Å². The number of aromatic nitrogens is 2. The van der Waals surface area contributed by atoms with Gasteiger partial charge in [-0.25, -0.2) is 13.2 Å². The number of amides is 2. The predicted molar refractivity (Wildman–Crippen MR) is 90.5 cm³/mol. The second kappa shape index (κ2) is 7.09. The lowest BCUT2D eigenvalue weighted by Crippen LogP contribution is -2.51. The first-order valence-corrected chi connectivity index (χ1v) is 10.1. The lowest BCUT2D eigenvalue weighted by molar-refractivity contribution is -0.189. The fourth-order valence-electron chi connectivity index (χ4n) is 3.12. The van der Waals surface area contributed by atoms with E-state index in [1.54, 1.807) is 6.92 Å². The van der Waals surface area contributed by atoms with Crippen molar-refractivity contribution in [3.05, 3.63) is 12.3 Å². The monoisotopic (exact) mass is 396 g/mol. The van der Waals surface area contributed by atoms with Gasteiger partial charge in [-0.3, -0.25) is 10.00 Å². The molecule has 1 aliphatic rings. The summed E-state index contributed by atoms with van der Waals surface area (Å²) in [4.78, 5) is 13.5. The third kappa shape index (κ3) is 4.49. The van der Waals surface area contributed by atoms with Crippen LogP contribution in [0.25, 0.3) is 0 Å². The normalized spacial score (nSPS) is 20.4. The molecule has 1 aliphatic heterocycles. The standard InChI is InChI=1S/C15H23F3N4O3S/c1-4-26(24,25)10-9-21-7-6-12(20-21)19-13(23)22-8-5-11(14(22,2)3)15(16,17)18/h6-7,11H,4-5,8-10H2,1-3H3,(H,19,20,23)/t11-/m0/s1. The van der Waals surface area contributed by atoms with Crippen LogP contribution < -0.4 is 5.32 Å². The van der Waals surface area contributed by atoms with Crippen molar-refractivity contribution in [3.8, 4) is 0 Å². The van der Waals surface area contributed by atoms with Crippen LogP contribution in [-0.2, 0) is 16.4 Å². The average molecular weight is 396 g/mol. The maximum absolute atomic E-state index is 13.1. The Kier molecular flexibility index (Phi) is 5.60. The highest BCUT2D eigenvalue weighted by atomic mass is 32.2. The maximum Gasteiger partial charge on any atom is 0.394 e. The predicted octanol–water partition coefficient (Wildman–Crippen LogP) is 2.51. The molecule has 0 unspecified atom stereocenters. The Hall–Kier alpha value is -1.78. The van der Waals surface area contributed by atoms with Crippen LogP contribution >= 0.6 is 0 Å². The number of nitrogens with zero attached hydrogens (tertiary/aromatic N) is 3. The maximum atomic E-state index is 13.1. The molecule has 148 valence electrons. The molecule has 2 amide bonds. The first-order chi connectivity index (χ1) is 11.9. The molecule has 2 heterocycles. The third-order valence-corrected chi connectivity index (χ3v) is 6.46. The van der Waals surface area contributed by atoms with Crippen molar-refractivity contribution in [2.45, 2.75) is 45.5 Å². The van der Waals surface area contributed by atoms with Gasteiger partial charge < -0.3 is 4.90 Å². The molecule has 1 N–H and O–H groups in total. The van der Waals surface area contributed by atoms with Crippen LogP contribution in [0.5, 0.6) is 0 Å². The van der Waals surface area contributed by atoms with Crippen molar-refractivity contribution in [3.63, 3.8) is 0 Å². The van der Waals surface area contributed by atoms with Gasteiger partial charge in [0.15, 0.2) is 15.7 Å². The molecule has 0 radical (unpaired) electrons. The number of nitrogens with one attached hydrogen (secondary N) is 1. The lowest BCUT2D eigenvalue weighted by Gasteiger charge is -2.36. The van der Waals surface area contributed by atoms with E-state index in [0.717, 1.165) is 4.90 Å². The summed E-state index contributed by atoms with van der Waals surface area (Å²) in [6, 6.07) is 0.814. The number of urea groups is 1. The van der Waals surface area contributed by atoms with Crippen LogP contribution in [0.4, 0.5) is 23.8 Å². The Balaban J connectivity index is 2.01. The molecule has 0 saturated carbocycles. The van der Waals surface area contributed by atoms with Crippen molar-refractivity contribution >= 4 is 21.7 Å². The summed E-state index contributed by atoms with van der Waals surface area (Å²) in [6.45, 7) is 4.48. The average Bonchev–Trinajstić information content (AvgIpc) is 3.08. The molecular formula is C15H23F3N4O3S. The molecule has 1 aromatic rings. The zero-order valence-electron chi connectivity index (χ0n) is 14.9. The summed E-state index contributed by atoms with van der Waals surface area (Å²) < 4.78 is 63.7. The van der Waals surface area contributed by atoms with Gasteiger partial charge >= 0.3 is 12.2 Å². The molecule has 0 spiro atoms. The molecule has 0 aromatic carbocycles. The Morgan fingerprint density at radius 1 is 1.42 bits per heavy atom. The number of halogens is 3. The molecule has 26 heavy (non-hydrogen) atoms. The molecule has 11 heteroatoms. The summed E-state index contributed by atoms with van der Waals surface area (Å²) in [7, 11) is -3.14. The highest BCUT2D eigenvalue weighted by molar-refractivity contribution is 7.91. The van der Waals surface area contributed by atoms with Gasteiger partial charge in [-0.2, -0.15) is 18.3 Å². The first kappa shape index (κ1) is 20.5. The molecule has 1 fully saturated rings. The highest BCUT2D eigenvalue weighted by Gasteiger charge is 2.56. The summed E-state index contributed by atoms with van der Waals surface area (Å²) in [6.07, 6.45) is -3.01. The highest BCUT2D eigenvalue weighted by Crippen LogP contribution is 2.44. The van der Waals surface area contributed by atoms with E-state index in [2.05, 4.69) is 10.4 Å². The van der Waals surface area contributed by atoms with Crippen molar-refractivity contribution in [2.75, 3.05) is 23.4 Å². The number of hydrogen-bond donors (Lipinski definition) is 1. The Morgan fingerprint density at radius 2 is 2.08 bits per heavy atom. The minimum atomic E-state index is -4.37. The molecule has 2 rings (SSSR count). The minimum absolute atomic E-state index is 0.00153. The van der Waals surface area contributed by atoms with Crippen LogP contribution in [-0.4, -0.2) is 58.9 Å². The van der Waals surface area contributed by atoms with Gasteiger partial charge in [-0.05, 0) is 20.3 Å². The Morgan fingerprint density at radius 3 is 2.62 bits per heavy atom. The number of carbonyl (C=O) groups is 1. The van der Waals surface area contributed by atoms with E-state index in [-0.39, 0.29) is 36.8 Å². The van der Waals surface area contributed by atoms with Crippen LogP contribution in [0.3, 0.4) is 0 Å². The van der Waals surface area contributed by atoms with Crippen molar-refractivity contribution in [1.82, 2.24) is 14.7 Å². The number of carbonyl (C=O) groups excluding carboxylic acids is 1. The van der Waals surface area contributed by atoms with E-state index in [1.165, 1.54) is 30.8 Å². The van der Waals surface area contributed by atoms with Gasteiger partial charge in [-0.1, -0.05) is 6.92 Å². The number of likely N-dealkylation sites (tertiary alicyclic amines) is 1. The van der Waals surface area contributed by atoms with E-state index in [4.69, 9.17) is 0 Å². The summed E-state index contributed by atoms with van der Waals surface area (Å²) in [5.74, 6) is -1.47. The van der Waals surface area contributed by atoms with Crippen LogP contribution in [0.2, 0.25) is 0 Å². The number of hydrogen-bond acceptors (Lipinski definition) is 4. The van der Waals surface area contributed by atoms with E-state index in [9.17, 15) is 26.4 Å². The number of alkyl halides is 3. The number of anilines is 1. The number of sulfone groups is 1. The van der Waals surface area contributed by atoms with Gasteiger partial charge in [0.1, 0.15) is 0 Å². The van der Waals surface area contributed by atoms with Crippen molar-refractivity contribution in [1.29, 1.82) is 0 Å². The topological polar surface area (TPSA) is 84.3 Å². The fourth-order valence-corrected chi connectivity index (χ4v) is 3.88. The fraction of sp³-hybridized carbons (Fsp3) is 0.733. The molecule has 1 aromatic heterocycles.